The molecule has 5 heteroatoms. The first-order chi connectivity index (χ1) is 8.82. The molecule has 2 heterocycles. The minimum atomic E-state index is -0.657. The zero-order chi connectivity index (χ0) is 13.8. The highest BCUT2D eigenvalue weighted by molar-refractivity contribution is 6.62. The number of halogens is 1. The monoisotopic (exact) mass is 264 g/mol. The minimum absolute atomic E-state index is 0.256. The first-order valence-corrected chi connectivity index (χ1v) is 6.61. The minimum Gasteiger partial charge on any atom is -0.493 e. The summed E-state index contributed by atoms with van der Waals surface area (Å²) in [6, 6.07) is 3.49. The number of benzene rings is 1. The summed E-state index contributed by atoms with van der Waals surface area (Å²) in [7, 11) is -0.657. The first-order valence-electron chi connectivity index (χ1n) is 6.61. The standard InChI is InChI=1S/C14H18BFO3/c1-13(2)14(3,4)19-15(18-13)10-5-6-11-9(12(10)16)7-8-17-11/h5-6H,7-8H2,1-4H3. The average molecular weight is 264 g/mol. The smallest absolute Gasteiger partial charge is 0.493 e. The molecule has 19 heavy (non-hydrogen) atoms. The number of hydrogen-bond donors (Lipinski definition) is 0. The topological polar surface area (TPSA) is 27.7 Å². The molecule has 0 spiro atoms. The Morgan fingerprint density at radius 2 is 1.74 bits per heavy atom. The highest BCUT2D eigenvalue weighted by Gasteiger charge is 2.52. The van der Waals surface area contributed by atoms with Crippen LogP contribution in [0.15, 0.2) is 12.1 Å². The van der Waals surface area contributed by atoms with Gasteiger partial charge < -0.3 is 14.0 Å². The molecule has 0 N–H and O–H groups in total. The van der Waals surface area contributed by atoms with Crippen LogP contribution in [0.2, 0.25) is 0 Å². The van der Waals surface area contributed by atoms with Gasteiger partial charge in [-0.05, 0) is 33.8 Å². The molecule has 1 fully saturated rings. The van der Waals surface area contributed by atoms with Crippen molar-refractivity contribution in [3.05, 3.63) is 23.5 Å². The molecule has 0 unspecified atom stereocenters. The molecule has 0 saturated carbocycles. The van der Waals surface area contributed by atoms with Crippen LogP contribution in [0.3, 0.4) is 0 Å². The lowest BCUT2D eigenvalue weighted by Crippen LogP contribution is -2.41. The van der Waals surface area contributed by atoms with E-state index in [4.69, 9.17) is 14.0 Å². The molecule has 0 radical (unpaired) electrons. The second-order valence-corrected chi connectivity index (χ2v) is 6.13. The van der Waals surface area contributed by atoms with E-state index in [-0.39, 0.29) is 5.82 Å². The molecule has 1 saturated heterocycles. The Labute approximate surface area is 113 Å². The van der Waals surface area contributed by atoms with E-state index in [2.05, 4.69) is 0 Å². The largest absolute Gasteiger partial charge is 0.497 e. The first kappa shape index (κ1) is 12.9. The van der Waals surface area contributed by atoms with E-state index in [1.54, 1.807) is 12.1 Å². The highest BCUT2D eigenvalue weighted by Crippen LogP contribution is 2.37. The van der Waals surface area contributed by atoms with Crippen molar-refractivity contribution in [2.24, 2.45) is 0 Å². The molecule has 1 aromatic rings. The molecule has 3 nitrogen and oxygen atoms in total. The van der Waals surface area contributed by atoms with Crippen LogP contribution in [0.25, 0.3) is 0 Å². The highest BCUT2D eigenvalue weighted by atomic mass is 19.1. The van der Waals surface area contributed by atoms with E-state index in [0.29, 0.717) is 29.8 Å². The maximum atomic E-state index is 14.5. The van der Waals surface area contributed by atoms with E-state index in [0.717, 1.165) is 0 Å². The maximum absolute atomic E-state index is 14.5. The van der Waals surface area contributed by atoms with E-state index >= 15 is 0 Å². The zero-order valence-electron chi connectivity index (χ0n) is 11.7. The van der Waals surface area contributed by atoms with Crippen molar-refractivity contribution in [2.45, 2.75) is 45.3 Å². The third-order valence-corrected chi connectivity index (χ3v) is 4.35. The van der Waals surface area contributed by atoms with Gasteiger partial charge in [0.15, 0.2) is 0 Å². The van der Waals surface area contributed by atoms with E-state index in [9.17, 15) is 4.39 Å². The second kappa shape index (κ2) is 3.96. The zero-order valence-corrected chi connectivity index (χ0v) is 11.7. The summed E-state index contributed by atoms with van der Waals surface area (Å²) in [5.41, 5.74) is 0.175. The summed E-state index contributed by atoms with van der Waals surface area (Å²) in [4.78, 5) is 0. The molecular formula is C14H18BFO3. The number of fused-ring (bicyclic) bond motifs is 1. The van der Waals surface area contributed by atoms with Crippen LogP contribution in [0.1, 0.15) is 33.3 Å². The van der Waals surface area contributed by atoms with Crippen LogP contribution in [0.5, 0.6) is 5.75 Å². The van der Waals surface area contributed by atoms with E-state index in [1.165, 1.54) is 0 Å². The van der Waals surface area contributed by atoms with Gasteiger partial charge >= 0.3 is 7.12 Å². The van der Waals surface area contributed by atoms with Crippen LogP contribution in [-0.2, 0) is 15.7 Å². The predicted molar refractivity (Wildman–Crippen MR) is 71.3 cm³/mol. The van der Waals surface area contributed by atoms with E-state index in [1.807, 2.05) is 27.7 Å². The van der Waals surface area contributed by atoms with Crippen LogP contribution in [0.4, 0.5) is 4.39 Å². The lowest BCUT2D eigenvalue weighted by atomic mass is 9.77. The van der Waals surface area contributed by atoms with Gasteiger partial charge in [-0.3, -0.25) is 0 Å². The molecule has 2 aliphatic rings. The third kappa shape index (κ3) is 1.87. The van der Waals surface area contributed by atoms with Crippen molar-refractivity contribution >= 4 is 12.6 Å². The Hall–Kier alpha value is -1.07. The van der Waals surface area contributed by atoms with Crippen molar-refractivity contribution in [3.63, 3.8) is 0 Å². The predicted octanol–water partition coefficient (Wildman–Crippen LogP) is 2.06. The fourth-order valence-corrected chi connectivity index (χ4v) is 2.40. The fraction of sp³-hybridized carbons (Fsp3) is 0.571. The van der Waals surface area contributed by atoms with Gasteiger partial charge in [0.1, 0.15) is 11.6 Å². The molecule has 3 rings (SSSR count). The van der Waals surface area contributed by atoms with Gasteiger partial charge in [-0.25, -0.2) is 4.39 Å². The van der Waals surface area contributed by atoms with Crippen LogP contribution < -0.4 is 10.2 Å². The summed E-state index contributed by atoms with van der Waals surface area (Å²) in [6.07, 6.45) is 0.606. The number of rotatable bonds is 1. The van der Waals surface area contributed by atoms with Crippen molar-refractivity contribution in [1.29, 1.82) is 0 Å². The lowest BCUT2D eigenvalue weighted by molar-refractivity contribution is 0.00578. The van der Waals surface area contributed by atoms with Crippen LogP contribution >= 0.6 is 0 Å². The second-order valence-electron chi connectivity index (χ2n) is 6.13. The van der Waals surface area contributed by atoms with Crippen LogP contribution in [0, 0.1) is 5.82 Å². The van der Waals surface area contributed by atoms with Gasteiger partial charge in [0.05, 0.1) is 17.8 Å². The van der Waals surface area contributed by atoms with Gasteiger partial charge in [0.25, 0.3) is 0 Å². The number of ether oxygens (including phenoxy) is 1. The Bertz CT molecular complexity index is 512. The molecular weight excluding hydrogens is 246 g/mol. The Morgan fingerprint density at radius 1 is 1.11 bits per heavy atom. The molecule has 0 aromatic heterocycles. The molecule has 102 valence electrons. The summed E-state index contributed by atoms with van der Waals surface area (Å²) in [5.74, 6) is 0.381. The molecule has 0 aliphatic carbocycles. The summed E-state index contributed by atoms with van der Waals surface area (Å²) in [6.45, 7) is 8.38. The van der Waals surface area contributed by atoms with E-state index < -0.39 is 18.3 Å². The molecule has 0 atom stereocenters. The van der Waals surface area contributed by atoms with Gasteiger partial charge in [-0.1, -0.05) is 6.07 Å². The normalized spacial score (nSPS) is 23.3. The Kier molecular flexibility index (Phi) is 2.70. The molecule has 0 amide bonds. The Morgan fingerprint density at radius 3 is 2.37 bits per heavy atom. The molecule has 1 aromatic carbocycles. The van der Waals surface area contributed by atoms with Crippen molar-refractivity contribution in [3.8, 4) is 5.75 Å². The summed E-state index contributed by atoms with van der Waals surface area (Å²) >= 11 is 0. The van der Waals surface area contributed by atoms with Crippen molar-refractivity contribution in [1.82, 2.24) is 0 Å². The maximum Gasteiger partial charge on any atom is 0.497 e. The Balaban J connectivity index is 1.97. The van der Waals surface area contributed by atoms with Gasteiger partial charge in [0.2, 0.25) is 0 Å². The quantitative estimate of drug-likeness (QED) is 0.727. The summed E-state index contributed by atoms with van der Waals surface area (Å²) in [5, 5.41) is 0. The van der Waals surface area contributed by atoms with Gasteiger partial charge in [-0.15, -0.1) is 0 Å². The molecule has 0 bridgehead atoms. The molecule has 2 aliphatic heterocycles. The fourth-order valence-electron chi connectivity index (χ4n) is 2.40. The van der Waals surface area contributed by atoms with Crippen LogP contribution in [-0.4, -0.2) is 24.9 Å². The SMILES string of the molecule is CC1(C)OB(c2ccc3c(c2F)CCO3)OC1(C)C. The lowest BCUT2D eigenvalue weighted by Gasteiger charge is -2.32. The number of hydrogen-bond acceptors (Lipinski definition) is 3. The van der Waals surface area contributed by atoms with Gasteiger partial charge in [-0.2, -0.15) is 0 Å². The third-order valence-electron chi connectivity index (χ3n) is 4.35. The van der Waals surface area contributed by atoms with Crippen molar-refractivity contribution in [2.75, 3.05) is 6.61 Å². The average Bonchev–Trinajstić information content (AvgIpc) is 2.83. The summed E-state index contributed by atoms with van der Waals surface area (Å²) < 4.78 is 31.6. The van der Waals surface area contributed by atoms with Crippen molar-refractivity contribution < 1.29 is 18.4 Å². The van der Waals surface area contributed by atoms with Gasteiger partial charge in [0, 0.05) is 17.4 Å².